The van der Waals surface area contributed by atoms with E-state index in [2.05, 4.69) is 0 Å². The summed E-state index contributed by atoms with van der Waals surface area (Å²) in [5.41, 5.74) is 1.96. The molecule has 0 aromatic heterocycles. The normalized spacial score (nSPS) is 12.8. The van der Waals surface area contributed by atoms with E-state index in [1.807, 2.05) is 53.7 Å². The van der Waals surface area contributed by atoms with Crippen molar-refractivity contribution in [2.45, 2.75) is 70.6 Å². The van der Waals surface area contributed by atoms with Gasteiger partial charge in [-0.2, -0.15) is 0 Å². The van der Waals surface area contributed by atoms with E-state index in [0.717, 1.165) is 16.7 Å². The van der Waals surface area contributed by atoms with Gasteiger partial charge in [0.05, 0.1) is 0 Å². The number of hydrogen-bond donors (Lipinski definition) is 1. The number of phenols is 1. The summed E-state index contributed by atoms with van der Waals surface area (Å²) in [6.07, 6.45) is 0.288. The molecule has 34 heavy (non-hydrogen) atoms. The monoisotopic (exact) mass is 585 g/mol. The Labute approximate surface area is 218 Å². The molecule has 0 aliphatic heterocycles. The fourth-order valence-electron chi connectivity index (χ4n) is 3.37. The SMILES string of the molecule is CCOC(=O)c1ccc(Cl)c(S(=O)(=O)[As]C(=S)Cc2cc(C(C)(C)C)c(O)c(C(C)(C)C)c2)c1. The van der Waals surface area contributed by atoms with Gasteiger partial charge in [-0.15, -0.1) is 0 Å². The molecule has 0 bridgehead atoms. The third-order valence-corrected chi connectivity index (χ3v) is 12.5. The first-order chi connectivity index (χ1) is 15.5. The first-order valence-electron chi connectivity index (χ1n) is 10.8. The molecular formula is C25H31AsClO5S2. The van der Waals surface area contributed by atoms with Gasteiger partial charge < -0.3 is 0 Å². The van der Waals surface area contributed by atoms with Crippen LogP contribution in [0.2, 0.25) is 5.02 Å². The molecule has 0 fully saturated rings. The van der Waals surface area contributed by atoms with Gasteiger partial charge in [-0.3, -0.25) is 0 Å². The molecule has 0 unspecified atom stereocenters. The molecule has 1 N–H and O–H groups in total. The van der Waals surface area contributed by atoms with Crippen molar-refractivity contribution < 1.29 is 23.1 Å². The molecule has 0 amide bonds. The van der Waals surface area contributed by atoms with E-state index in [1.165, 1.54) is 18.2 Å². The Kier molecular flexibility index (Phi) is 9.07. The van der Waals surface area contributed by atoms with E-state index in [0.29, 0.717) is 3.65 Å². The summed E-state index contributed by atoms with van der Waals surface area (Å²) in [6, 6.07) is 7.88. The zero-order valence-corrected chi connectivity index (χ0v) is 24.8. The van der Waals surface area contributed by atoms with Crippen molar-refractivity contribution in [3.63, 3.8) is 0 Å². The average Bonchev–Trinajstić information content (AvgIpc) is 2.67. The number of benzene rings is 2. The molecule has 9 heteroatoms. The van der Waals surface area contributed by atoms with Gasteiger partial charge in [0.1, 0.15) is 0 Å². The number of ether oxygens (including phenoxy) is 1. The molecule has 2 rings (SSSR count). The Morgan fingerprint density at radius 1 is 1.06 bits per heavy atom. The Balaban J connectivity index is 2.39. The van der Waals surface area contributed by atoms with Crippen molar-refractivity contribution in [2.24, 2.45) is 0 Å². The van der Waals surface area contributed by atoms with Crippen LogP contribution in [0.4, 0.5) is 0 Å². The van der Waals surface area contributed by atoms with Gasteiger partial charge in [0, 0.05) is 0 Å². The number of carbonyl (C=O) groups excluding carboxylic acids is 1. The van der Waals surface area contributed by atoms with Gasteiger partial charge in [0.2, 0.25) is 0 Å². The van der Waals surface area contributed by atoms with Crippen molar-refractivity contribution in [3.8, 4) is 5.75 Å². The maximum absolute atomic E-state index is 13.2. The quantitative estimate of drug-likeness (QED) is 0.252. The van der Waals surface area contributed by atoms with Crippen LogP contribution in [0.15, 0.2) is 35.2 Å². The summed E-state index contributed by atoms with van der Waals surface area (Å²) in [5, 5.41) is 11.0. The van der Waals surface area contributed by atoms with Gasteiger partial charge in [-0.1, -0.05) is 0 Å². The molecule has 0 aliphatic carbocycles. The number of carbonyl (C=O) groups is 1. The maximum atomic E-state index is 13.2. The molecule has 0 heterocycles. The van der Waals surface area contributed by atoms with Gasteiger partial charge in [0.25, 0.3) is 0 Å². The van der Waals surface area contributed by atoms with E-state index in [4.69, 9.17) is 28.6 Å². The number of aromatic hydroxyl groups is 1. The second kappa shape index (κ2) is 10.7. The molecule has 0 aliphatic rings. The predicted molar refractivity (Wildman–Crippen MR) is 142 cm³/mol. The summed E-state index contributed by atoms with van der Waals surface area (Å²) >= 11 is 10.3. The number of halogens is 1. The first kappa shape index (κ1) is 28.8. The van der Waals surface area contributed by atoms with Crippen molar-refractivity contribution in [1.82, 2.24) is 0 Å². The van der Waals surface area contributed by atoms with Crippen molar-refractivity contribution in [3.05, 3.63) is 57.6 Å². The van der Waals surface area contributed by atoms with Crippen LogP contribution in [0.5, 0.6) is 5.75 Å². The number of phenolic OH excluding ortho intramolecular Hbond substituents is 1. The third kappa shape index (κ3) is 7.06. The Morgan fingerprint density at radius 2 is 1.59 bits per heavy atom. The predicted octanol–water partition coefficient (Wildman–Crippen LogP) is 5.78. The van der Waals surface area contributed by atoms with Gasteiger partial charge in [-0.05, 0) is 0 Å². The molecule has 0 saturated carbocycles. The fourth-order valence-corrected chi connectivity index (χ4v) is 10.9. The van der Waals surface area contributed by atoms with Crippen LogP contribution < -0.4 is 0 Å². The molecule has 0 saturated heterocycles. The number of rotatable bonds is 7. The van der Waals surface area contributed by atoms with Crippen LogP contribution >= 0.6 is 23.8 Å². The molecule has 2 aromatic rings. The van der Waals surface area contributed by atoms with E-state index in [9.17, 15) is 18.3 Å². The molecule has 0 atom stereocenters. The fraction of sp³-hybridized carbons (Fsp3) is 0.440. The van der Waals surface area contributed by atoms with Crippen LogP contribution in [0, 0.1) is 0 Å². The standard InChI is InChI=1S/C25H31AsClO5S2/c1-8-32-23(29)16-9-10-19(27)20(14-16)34(30,31)26-21(33)13-15-11-17(24(2,3)4)22(28)18(12-15)25(5,6)7/h9-12,14,28H,8,13H2,1-7H3. The summed E-state index contributed by atoms with van der Waals surface area (Å²) in [4.78, 5) is 11.9. The average molecular weight is 586 g/mol. The zero-order chi connectivity index (χ0) is 26.1. The summed E-state index contributed by atoms with van der Waals surface area (Å²) in [7, 11) is -3.80. The molecule has 185 valence electrons. The Hall–Kier alpha value is -1.40. The Bertz CT molecular complexity index is 1170. The second-order valence-electron chi connectivity index (χ2n) is 10.0. The minimum atomic E-state index is -3.80. The minimum absolute atomic E-state index is 0.0424. The molecule has 1 radical (unpaired) electrons. The molecule has 5 nitrogen and oxygen atoms in total. The van der Waals surface area contributed by atoms with Crippen molar-refractivity contribution in [2.75, 3.05) is 6.61 Å². The second-order valence-corrected chi connectivity index (χ2v) is 18.5. The van der Waals surface area contributed by atoms with Gasteiger partial charge in [0.15, 0.2) is 0 Å². The summed E-state index contributed by atoms with van der Waals surface area (Å²) < 4.78 is 31.7. The Morgan fingerprint density at radius 3 is 2.06 bits per heavy atom. The van der Waals surface area contributed by atoms with Crippen LogP contribution in [-0.4, -0.2) is 44.3 Å². The third-order valence-electron chi connectivity index (χ3n) is 5.08. The first-order valence-corrected chi connectivity index (χ1v) is 16.3. The number of hydrogen-bond acceptors (Lipinski definition) is 6. The number of esters is 1. The van der Waals surface area contributed by atoms with Gasteiger partial charge >= 0.3 is 220 Å². The summed E-state index contributed by atoms with van der Waals surface area (Å²) in [5.74, 6) is -0.346. The molecule has 0 spiro atoms. The molecule has 2 aromatic carbocycles. The van der Waals surface area contributed by atoms with E-state index < -0.39 is 28.7 Å². The van der Waals surface area contributed by atoms with Crippen molar-refractivity contribution >= 4 is 56.1 Å². The van der Waals surface area contributed by atoms with E-state index in [-0.39, 0.29) is 45.1 Å². The van der Waals surface area contributed by atoms with Gasteiger partial charge in [-0.25, -0.2) is 0 Å². The van der Waals surface area contributed by atoms with E-state index >= 15 is 0 Å². The number of thiocarbonyl (C=S) groups is 1. The topological polar surface area (TPSA) is 80.7 Å². The van der Waals surface area contributed by atoms with Crippen LogP contribution in [0.25, 0.3) is 0 Å². The van der Waals surface area contributed by atoms with Crippen LogP contribution in [0.3, 0.4) is 0 Å². The molecular weight excluding hydrogens is 555 g/mol. The summed E-state index contributed by atoms with van der Waals surface area (Å²) in [6.45, 7) is 14.0. The van der Waals surface area contributed by atoms with E-state index in [1.54, 1.807) is 6.92 Å². The van der Waals surface area contributed by atoms with Crippen molar-refractivity contribution in [1.29, 1.82) is 0 Å². The van der Waals surface area contributed by atoms with Crippen LogP contribution in [0.1, 0.15) is 75.5 Å². The van der Waals surface area contributed by atoms with Crippen LogP contribution in [-0.2, 0) is 30.1 Å². The zero-order valence-electron chi connectivity index (χ0n) is 20.5.